The molecule has 0 radical (unpaired) electrons. The van der Waals surface area contributed by atoms with Gasteiger partial charge < -0.3 is 14.8 Å². The molecule has 29 heavy (non-hydrogen) atoms. The van der Waals surface area contributed by atoms with Gasteiger partial charge in [0.15, 0.2) is 0 Å². The largest absolute Gasteiger partial charge is 0.497 e. The zero-order valence-corrected chi connectivity index (χ0v) is 17.4. The number of carbonyl (C=O) groups excluding carboxylic acids is 3. The highest BCUT2D eigenvalue weighted by molar-refractivity contribution is 8.15. The summed E-state index contributed by atoms with van der Waals surface area (Å²) in [5, 5.41) is 4.59. The van der Waals surface area contributed by atoms with Crippen molar-refractivity contribution in [2.75, 3.05) is 14.2 Å². The number of carbonyl (C=O) groups is 3. The lowest BCUT2D eigenvalue weighted by molar-refractivity contribution is -0.118. The fraction of sp³-hybridized carbons (Fsp3) is 0.250. The van der Waals surface area contributed by atoms with Gasteiger partial charge in [-0.25, -0.2) is 0 Å². The first kappa shape index (κ1) is 21.0. The molecule has 1 atom stereocenters. The maximum Gasteiger partial charge on any atom is 0.286 e. The predicted octanol–water partition coefficient (Wildman–Crippen LogP) is 3.18. The smallest absolute Gasteiger partial charge is 0.286 e. The summed E-state index contributed by atoms with van der Waals surface area (Å²) >= 11 is 7.13. The van der Waals surface area contributed by atoms with Crippen LogP contribution in [0.5, 0.6) is 11.5 Å². The molecule has 3 amide bonds. The van der Waals surface area contributed by atoms with E-state index in [4.69, 9.17) is 21.1 Å². The summed E-state index contributed by atoms with van der Waals surface area (Å²) in [7, 11) is 3.06. The number of hydrogen-bond acceptors (Lipinski definition) is 6. The van der Waals surface area contributed by atoms with Gasteiger partial charge in [-0.3, -0.25) is 19.7 Å². The van der Waals surface area contributed by atoms with Crippen LogP contribution in [0.4, 0.5) is 4.79 Å². The molecule has 2 aromatic carbocycles. The minimum absolute atomic E-state index is 0.209. The van der Waals surface area contributed by atoms with Crippen molar-refractivity contribution >= 4 is 40.4 Å². The highest BCUT2D eigenvalue weighted by atomic mass is 35.5. The van der Waals surface area contributed by atoms with E-state index in [0.29, 0.717) is 23.5 Å². The van der Waals surface area contributed by atoms with Crippen LogP contribution in [0, 0.1) is 0 Å². The summed E-state index contributed by atoms with van der Waals surface area (Å²) < 4.78 is 10.5. The molecular formula is C20H19ClN2O5S. The van der Waals surface area contributed by atoms with Crippen LogP contribution in [0.15, 0.2) is 36.4 Å². The molecule has 1 heterocycles. The molecule has 1 fully saturated rings. The third-order valence-corrected chi connectivity index (χ3v) is 5.69. The van der Waals surface area contributed by atoms with E-state index >= 15 is 0 Å². The summed E-state index contributed by atoms with van der Waals surface area (Å²) in [5.41, 5.74) is 1.94. The van der Waals surface area contributed by atoms with Crippen LogP contribution >= 0.6 is 23.4 Å². The minimum Gasteiger partial charge on any atom is -0.497 e. The van der Waals surface area contributed by atoms with Crippen LogP contribution in [-0.2, 0) is 17.8 Å². The van der Waals surface area contributed by atoms with E-state index in [1.54, 1.807) is 31.4 Å². The molecule has 1 unspecified atom stereocenters. The number of benzene rings is 2. The first-order valence-electron chi connectivity index (χ1n) is 8.70. The summed E-state index contributed by atoms with van der Waals surface area (Å²) in [6.07, 6.45) is 0.400. The van der Waals surface area contributed by atoms with E-state index in [9.17, 15) is 14.4 Å². The van der Waals surface area contributed by atoms with Crippen molar-refractivity contribution in [1.82, 2.24) is 10.6 Å². The van der Waals surface area contributed by atoms with Crippen LogP contribution in [0.25, 0.3) is 0 Å². The van der Waals surface area contributed by atoms with E-state index in [1.807, 2.05) is 12.1 Å². The molecule has 1 aliphatic heterocycles. The normalized spacial score (nSPS) is 15.8. The fourth-order valence-electron chi connectivity index (χ4n) is 2.92. The molecule has 1 saturated heterocycles. The molecule has 0 spiro atoms. The van der Waals surface area contributed by atoms with E-state index in [1.165, 1.54) is 7.11 Å². The van der Waals surface area contributed by atoms with Crippen molar-refractivity contribution in [1.29, 1.82) is 0 Å². The van der Waals surface area contributed by atoms with Crippen LogP contribution < -0.4 is 20.1 Å². The lowest BCUT2D eigenvalue weighted by Gasteiger charge is -2.13. The van der Waals surface area contributed by atoms with Gasteiger partial charge in [-0.05, 0) is 36.2 Å². The second kappa shape index (κ2) is 9.19. The lowest BCUT2D eigenvalue weighted by Crippen LogP contribution is -2.25. The van der Waals surface area contributed by atoms with E-state index in [2.05, 4.69) is 10.6 Å². The molecule has 0 saturated carbocycles. The Hall–Kier alpha value is -2.71. The van der Waals surface area contributed by atoms with Crippen molar-refractivity contribution in [2.24, 2.45) is 0 Å². The highest BCUT2D eigenvalue weighted by Gasteiger charge is 2.31. The number of hydrogen-bond donors (Lipinski definition) is 2. The van der Waals surface area contributed by atoms with Crippen molar-refractivity contribution in [3.63, 3.8) is 0 Å². The first-order valence-corrected chi connectivity index (χ1v) is 9.96. The number of nitrogens with one attached hydrogen (secondary N) is 2. The number of rotatable bonds is 7. The molecule has 2 aromatic rings. The third-order valence-electron chi connectivity index (χ3n) is 4.39. The minimum atomic E-state index is -0.462. The molecule has 0 aliphatic carbocycles. The van der Waals surface area contributed by atoms with Crippen molar-refractivity contribution < 1.29 is 23.9 Å². The number of thioether (sulfide) groups is 1. The van der Waals surface area contributed by atoms with Crippen LogP contribution in [-0.4, -0.2) is 36.5 Å². The molecule has 152 valence electrons. The maximum absolute atomic E-state index is 12.5. The Labute approximate surface area is 177 Å². The highest BCUT2D eigenvalue weighted by Crippen LogP contribution is 2.27. The van der Waals surface area contributed by atoms with Gasteiger partial charge in [-0.2, -0.15) is 0 Å². The number of amides is 3. The van der Waals surface area contributed by atoms with Gasteiger partial charge in [-0.1, -0.05) is 35.5 Å². The van der Waals surface area contributed by atoms with Gasteiger partial charge in [0.25, 0.3) is 11.1 Å². The molecule has 1 aliphatic rings. The fourth-order valence-corrected chi connectivity index (χ4v) is 4.03. The summed E-state index contributed by atoms with van der Waals surface area (Å²) in [4.78, 5) is 35.6. The monoisotopic (exact) mass is 434 g/mol. The van der Waals surface area contributed by atoms with Crippen LogP contribution in [0.1, 0.15) is 21.5 Å². The molecule has 3 rings (SSSR count). The number of methoxy groups -OCH3 is 2. The van der Waals surface area contributed by atoms with Gasteiger partial charge in [0, 0.05) is 12.1 Å². The SMILES string of the molecule is COc1ccc(C(=O)NCc2cc(CC3SC(=O)NC3=O)ccc2OC)c(Cl)c1. The second-order valence-electron chi connectivity index (χ2n) is 6.26. The Morgan fingerprint density at radius 2 is 1.97 bits per heavy atom. The summed E-state index contributed by atoms with van der Waals surface area (Å²) in [6.45, 7) is 0.209. The Morgan fingerprint density at radius 3 is 2.59 bits per heavy atom. The van der Waals surface area contributed by atoms with Crippen molar-refractivity contribution in [2.45, 2.75) is 18.2 Å². The van der Waals surface area contributed by atoms with E-state index in [-0.39, 0.29) is 28.6 Å². The summed E-state index contributed by atoms with van der Waals surface area (Å²) in [5.74, 6) is 0.545. The lowest BCUT2D eigenvalue weighted by atomic mass is 10.0. The Bertz CT molecular complexity index is 966. The standard InChI is InChI=1S/C20H19ClN2O5S/c1-27-13-4-5-14(15(21)9-13)18(24)22-10-12-7-11(3-6-16(12)28-2)8-17-19(25)23-20(26)29-17/h3-7,9,17H,8,10H2,1-2H3,(H,22,24)(H,23,25,26). The third kappa shape index (κ3) is 5.02. The Kier molecular flexibility index (Phi) is 6.66. The molecule has 7 nitrogen and oxygen atoms in total. The van der Waals surface area contributed by atoms with Crippen LogP contribution in [0.3, 0.4) is 0 Å². The molecular weight excluding hydrogens is 416 g/mol. The first-order chi connectivity index (χ1) is 13.9. The Balaban J connectivity index is 1.71. The second-order valence-corrected chi connectivity index (χ2v) is 7.84. The van der Waals surface area contributed by atoms with E-state index in [0.717, 1.165) is 22.9 Å². The zero-order valence-electron chi connectivity index (χ0n) is 15.8. The average Bonchev–Trinajstić information content (AvgIpc) is 3.02. The molecule has 0 bridgehead atoms. The quantitative estimate of drug-likeness (QED) is 0.695. The molecule has 9 heteroatoms. The maximum atomic E-state index is 12.5. The topological polar surface area (TPSA) is 93.7 Å². The van der Waals surface area contributed by atoms with Gasteiger partial charge >= 0.3 is 0 Å². The van der Waals surface area contributed by atoms with Gasteiger partial charge in [0.2, 0.25) is 5.91 Å². The average molecular weight is 435 g/mol. The van der Waals surface area contributed by atoms with Gasteiger partial charge in [0.05, 0.1) is 30.1 Å². The van der Waals surface area contributed by atoms with Gasteiger partial charge in [0.1, 0.15) is 11.5 Å². The molecule has 0 aromatic heterocycles. The predicted molar refractivity (Wildman–Crippen MR) is 111 cm³/mol. The number of imide groups is 1. The molecule has 2 N–H and O–H groups in total. The van der Waals surface area contributed by atoms with Crippen molar-refractivity contribution in [3.8, 4) is 11.5 Å². The van der Waals surface area contributed by atoms with Gasteiger partial charge in [-0.15, -0.1) is 0 Å². The summed E-state index contributed by atoms with van der Waals surface area (Å²) in [6, 6.07) is 10.3. The zero-order chi connectivity index (χ0) is 21.0. The van der Waals surface area contributed by atoms with Crippen molar-refractivity contribution in [3.05, 3.63) is 58.1 Å². The number of ether oxygens (including phenoxy) is 2. The number of halogens is 1. The van der Waals surface area contributed by atoms with Crippen LogP contribution in [0.2, 0.25) is 5.02 Å². The Morgan fingerprint density at radius 1 is 1.17 bits per heavy atom. The van der Waals surface area contributed by atoms with E-state index < -0.39 is 5.25 Å².